The Kier molecular flexibility index (Phi) is 6.84. The molecule has 1 fully saturated rings. The van der Waals surface area contributed by atoms with Gasteiger partial charge in [0.15, 0.2) is 5.79 Å². The maximum absolute atomic E-state index is 6.39. The van der Waals surface area contributed by atoms with E-state index in [2.05, 4.69) is 10.1 Å². The van der Waals surface area contributed by atoms with Crippen molar-refractivity contribution in [1.82, 2.24) is 9.55 Å². The van der Waals surface area contributed by atoms with Crippen molar-refractivity contribution in [1.29, 1.82) is 0 Å². The van der Waals surface area contributed by atoms with Gasteiger partial charge in [0.25, 0.3) is 0 Å². The Balaban J connectivity index is 1.46. The molecule has 0 aliphatic carbocycles. The molecular weight excluding hydrogens is 461 g/mol. The summed E-state index contributed by atoms with van der Waals surface area (Å²) in [6.07, 6.45) is 4.92. The van der Waals surface area contributed by atoms with Gasteiger partial charge in [0.2, 0.25) is 0 Å². The molecule has 3 aromatic rings. The minimum Gasteiger partial charge on any atom is -0.393 e. The zero-order chi connectivity index (χ0) is 21.8. The molecule has 9 heteroatoms. The average molecular weight is 481 g/mol. The first-order valence-electron chi connectivity index (χ1n) is 9.61. The highest BCUT2D eigenvalue weighted by Crippen LogP contribution is 2.37. The van der Waals surface area contributed by atoms with E-state index in [9.17, 15) is 0 Å². The molecule has 1 aromatic heterocycles. The van der Waals surface area contributed by atoms with Crippen molar-refractivity contribution >= 4 is 40.5 Å². The fourth-order valence-electron chi connectivity index (χ4n) is 3.33. The highest BCUT2D eigenvalue weighted by Gasteiger charge is 2.40. The second kappa shape index (κ2) is 9.59. The third-order valence-electron chi connectivity index (χ3n) is 4.87. The van der Waals surface area contributed by atoms with Crippen LogP contribution in [0.3, 0.4) is 0 Å². The van der Waals surface area contributed by atoms with Crippen molar-refractivity contribution in [2.24, 2.45) is 5.16 Å². The number of ether oxygens (including phenoxy) is 2. The largest absolute Gasteiger partial charge is 0.393 e. The number of hydrogen-bond donors (Lipinski definition) is 0. The fourth-order valence-corrected chi connectivity index (χ4v) is 4.15. The number of halogens is 3. The van der Waals surface area contributed by atoms with Gasteiger partial charge in [-0.25, -0.2) is 4.98 Å². The molecule has 6 nitrogen and oxygen atoms in total. The molecule has 0 saturated carbocycles. The highest BCUT2D eigenvalue weighted by molar-refractivity contribution is 6.37. The summed E-state index contributed by atoms with van der Waals surface area (Å²) in [5.41, 5.74) is 2.13. The number of benzene rings is 2. The molecule has 4 rings (SSSR count). The van der Waals surface area contributed by atoms with Crippen LogP contribution in [-0.4, -0.2) is 34.6 Å². The van der Waals surface area contributed by atoms with Crippen molar-refractivity contribution in [3.8, 4) is 0 Å². The first kappa shape index (κ1) is 22.1. The van der Waals surface area contributed by atoms with E-state index in [4.69, 9.17) is 49.1 Å². The Morgan fingerprint density at radius 3 is 2.81 bits per heavy atom. The van der Waals surface area contributed by atoms with Gasteiger partial charge >= 0.3 is 0 Å². The lowest BCUT2D eigenvalue weighted by molar-refractivity contribution is -0.167. The van der Waals surface area contributed by atoms with Crippen LogP contribution < -0.4 is 0 Å². The van der Waals surface area contributed by atoms with Crippen LogP contribution in [0.15, 0.2) is 66.3 Å². The predicted octanol–water partition coefficient (Wildman–Crippen LogP) is 5.55. The van der Waals surface area contributed by atoms with Crippen molar-refractivity contribution < 1.29 is 14.3 Å². The molecule has 0 radical (unpaired) electrons. The molecule has 2 aromatic carbocycles. The Morgan fingerprint density at radius 2 is 2.06 bits per heavy atom. The molecule has 0 amide bonds. The molecule has 0 bridgehead atoms. The molecule has 1 aliphatic rings. The van der Waals surface area contributed by atoms with Crippen LogP contribution in [0, 0.1) is 0 Å². The maximum atomic E-state index is 6.39. The van der Waals surface area contributed by atoms with E-state index in [0.717, 1.165) is 11.1 Å². The molecule has 2 unspecified atom stereocenters. The summed E-state index contributed by atoms with van der Waals surface area (Å²) >= 11 is 18.7. The van der Waals surface area contributed by atoms with Gasteiger partial charge in [0.05, 0.1) is 24.5 Å². The molecule has 31 heavy (non-hydrogen) atoms. The zero-order valence-corrected chi connectivity index (χ0v) is 18.9. The van der Waals surface area contributed by atoms with Gasteiger partial charge in [0, 0.05) is 33.6 Å². The molecule has 0 N–H and O–H groups in total. The number of hydrogen-bond acceptors (Lipinski definition) is 5. The van der Waals surface area contributed by atoms with Crippen LogP contribution in [0.1, 0.15) is 18.1 Å². The average Bonchev–Trinajstić information content (AvgIpc) is 3.38. The van der Waals surface area contributed by atoms with Crippen molar-refractivity contribution in [3.63, 3.8) is 0 Å². The zero-order valence-electron chi connectivity index (χ0n) is 16.7. The second-order valence-electron chi connectivity index (χ2n) is 7.17. The van der Waals surface area contributed by atoms with Gasteiger partial charge in [-0.15, -0.1) is 0 Å². The van der Waals surface area contributed by atoms with E-state index in [1.807, 2.05) is 42.0 Å². The standard InChI is InChI=1S/C22H20Cl3N3O3/c1-22(18-4-2-3-5-19(18)24)29-12-16(31-22)13-30-27-21(11-28-9-8-26-14-28)17-7-6-15(23)10-20(17)25/h2-10,14,16H,11-13H2,1H3/b27-21-. The number of oxime groups is 1. The van der Waals surface area contributed by atoms with E-state index in [1.54, 1.807) is 30.7 Å². The molecule has 0 spiro atoms. The molecule has 2 heterocycles. The number of aromatic nitrogens is 2. The Morgan fingerprint density at radius 1 is 1.23 bits per heavy atom. The molecule has 162 valence electrons. The van der Waals surface area contributed by atoms with E-state index in [0.29, 0.717) is 33.9 Å². The van der Waals surface area contributed by atoms with Gasteiger partial charge < -0.3 is 18.9 Å². The lowest BCUT2D eigenvalue weighted by Crippen LogP contribution is -2.25. The monoisotopic (exact) mass is 479 g/mol. The quantitative estimate of drug-likeness (QED) is 0.328. The van der Waals surface area contributed by atoms with Gasteiger partial charge in [0.1, 0.15) is 18.4 Å². The van der Waals surface area contributed by atoms with Crippen molar-refractivity contribution in [3.05, 3.63) is 87.4 Å². The predicted molar refractivity (Wildman–Crippen MR) is 121 cm³/mol. The van der Waals surface area contributed by atoms with Crippen molar-refractivity contribution in [2.75, 3.05) is 13.2 Å². The van der Waals surface area contributed by atoms with E-state index in [-0.39, 0.29) is 12.7 Å². The first-order valence-corrected chi connectivity index (χ1v) is 10.7. The summed E-state index contributed by atoms with van der Waals surface area (Å²) in [5.74, 6) is -0.935. The summed E-state index contributed by atoms with van der Waals surface area (Å²) in [6.45, 7) is 2.84. The normalized spacial score (nSPS) is 21.4. The highest BCUT2D eigenvalue weighted by atomic mass is 35.5. The van der Waals surface area contributed by atoms with E-state index in [1.165, 1.54) is 0 Å². The summed E-state index contributed by atoms with van der Waals surface area (Å²) < 4.78 is 13.9. The number of nitrogens with zero attached hydrogens (tertiary/aromatic N) is 3. The topological polar surface area (TPSA) is 57.9 Å². The Labute approximate surface area is 195 Å². The van der Waals surface area contributed by atoms with Gasteiger partial charge in [-0.1, -0.05) is 58.2 Å². The minimum absolute atomic E-state index is 0.207. The molecule has 1 saturated heterocycles. The van der Waals surface area contributed by atoms with Crippen LogP contribution in [0.4, 0.5) is 0 Å². The minimum atomic E-state index is -0.935. The lowest BCUT2D eigenvalue weighted by Gasteiger charge is -2.24. The maximum Gasteiger partial charge on any atom is 0.194 e. The van der Waals surface area contributed by atoms with Crippen LogP contribution in [0.5, 0.6) is 0 Å². The van der Waals surface area contributed by atoms with Crippen LogP contribution in [0.25, 0.3) is 0 Å². The smallest absolute Gasteiger partial charge is 0.194 e. The molecule has 2 atom stereocenters. The summed E-state index contributed by atoms with van der Waals surface area (Å²) in [7, 11) is 0. The fraction of sp³-hybridized carbons (Fsp3) is 0.273. The van der Waals surface area contributed by atoms with Crippen LogP contribution >= 0.6 is 34.8 Å². The van der Waals surface area contributed by atoms with Gasteiger partial charge in [-0.3, -0.25) is 0 Å². The molecule has 1 aliphatic heterocycles. The van der Waals surface area contributed by atoms with Gasteiger partial charge in [-0.2, -0.15) is 0 Å². The Bertz CT molecular complexity index is 1070. The second-order valence-corrected chi connectivity index (χ2v) is 8.42. The number of rotatable bonds is 7. The third kappa shape index (κ3) is 5.22. The summed E-state index contributed by atoms with van der Waals surface area (Å²) in [6, 6.07) is 12.7. The lowest BCUT2D eigenvalue weighted by atomic mass is 10.1. The van der Waals surface area contributed by atoms with Crippen LogP contribution in [-0.2, 0) is 26.6 Å². The first-order chi connectivity index (χ1) is 14.9. The summed E-state index contributed by atoms with van der Waals surface area (Å²) in [4.78, 5) is 9.72. The van der Waals surface area contributed by atoms with Crippen LogP contribution in [0.2, 0.25) is 15.1 Å². The molecular formula is C22H20Cl3N3O3. The van der Waals surface area contributed by atoms with Gasteiger partial charge in [-0.05, 0) is 31.2 Å². The Hall–Kier alpha value is -2.09. The van der Waals surface area contributed by atoms with E-state index >= 15 is 0 Å². The van der Waals surface area contributed by atoms with Crippen molar-refractivity contribution in [2.45, 2.75) is 25.4 Å². The third-order valence-corrected chi connectivity index (χ3v) is 5.75. The van der Waals surface area contributed by atoms with E-state index < -0.39 is 5.79 Å². The number of imidazole rings is 1. The summed E-state index contributed by atoms with van der Waals surface area (Å²) in [5, 5.41) is 5.96. The SMILES string of the molecule is CC1(c2ccccc2Cl)OCC(CO/N=C(/Cn2ccnc2)c2ccc(Cl)cc2Cl)O1.